The lowest BCUT2D eigenvalue weighted by Crippen LogP contribution is -2.29. The van der Waals surface area contributed by atoms with E-state index in [9.17, 15) is 4.79 Å². The van der Waals surface area contributed by atoms with Crippen LogP contribution in [-0.2, 0) is 6.42 Å². The lowest BCUT2D eigenvalue weighted by molar-refractivity contribution is 0.101. The fraction of sp³-hybridized carbons (Fsp3) is 0.417. The number of piperidine rings is 1. The highest BCUT2D eigenvalue weighted by Gasteiger charge is 2.18. The Morgan fingerprint density at radius 3 is 2.36 bits per heavy atom. The van der Waals surface area contributed by atoms with Gasteiger partial charge < -0.3 is 9.88 Å². The fourth-order valence-corrected chi connectivity index (χ4v) is 3.67. The van der Waals surface area contributed by atoms with E-state index in [-0.39, 0.29) is 13.2 Å². The topological polar surface area (TPSA) is 46.9 Å². The second-order valence-corrected chi connectivity index (χ2v) is 7.11. The average Bonchev–Trinajstić information content (AvgIpc) is 3.05. The molecule has 0 spiro atoms. The van der Waals surface area contributed by atoms with Crippen LogP contribution in [0.2, 0.25) is 0 Å². The standard InChI is InChI=1S/C13H17N3.C10H12O.CH4/c1-10-15-12-4-2-3-5-13(12)16(10)11-6-8-14-9-7-11;1-3-9-4-6-10(7-5-9)8(2)11;/h2-5,11,14H,6-9H2,1H3;4-7H,3H2,1-2H3;1H4. The highest BCUT2D eigenvalue weighted by atomic mass is 16.1. The molecule has 0 unspecified atom stereocenters. The van der Waals surface area contributed by atoms with Crippen molar-refractivity contribution in [2.45, 2.75) is 53.5 Å². The number of nitrogens with zero attached hydrogens (tertiary/aromatic N) is 2. The monoisotopic (exact) mass is 379 g/mol. The van der Waals surface area contributed by atoms with E-state index in [0.717, 1.165) is 36.4 Å². The Morgan fingerprint density at radius 2 is 1.75 bits per heavy atom. The van der Waals surface area contributed by atoms with Crippen LogP contribution in [0, 0.1) is 6.92 Å². The molecule has 0 amide bonds. The first kappa shape index (κ1) is 21.8. The van der Waals surface area contributed by atoms with Gasteiger partial charge in [0, 0.05) is 11.6 Å². The van der Waals surface area contributed by atoms with Crippen molar-refractivity contribution in [3.63, 3.8) is 0 Å². The van der Waals surface area contributed by atoms with Gasteiger partial charge >= 0.3 is 0 Å². The highest BCUT2D eigenvalue weighted by Crippen LogP contribution is 2.26. The minimum Gasteiger partial charge on any atom is -0.325 e. The van der Waals surface area contributed by atoms with Gasteiger partial charge in [0.25, 0.3) is 0 Å². The zero-order chi connectivity index (χ0) is 19.2. The predicted molar refractivity (Wildman–Crippen MR) is 118 cm³/mol. The van der Waals surface area contributed by atoms with Gasteiger partial charge in [0.2, 0.25) is 0 Å². The van der Waals surface area contributed by atoms with Crippen LogP contribution >= 0.6 is 0 Å². The molecular weight excluding hydrogens is 346 g/mol. The van der Waals surface area contributed by atoms with Crippen molar-refractivity contribution in [2.75, 3.05) is 13.1 Å². The van der Waals surface area contributed by atoms with Gasteiger partial charge in [-0.15, -0.1) is 0 Å². The first-order chi connectivity index (χ1) is 13.1. The Hall–Kier alpha value is -2.46. The summed E-state index contributed by atoms with van der Waals surface area (Å²) in [6, 6.07) is 16.8. The molecule has 1 aliphatic heterocycles. The van der Waals surface area contributed by atoms with Gasteiger partial charge in [-0.25, -0.2) is 4.98 Å². The third kappa shape index (κ3) is 5.08. The molecule has 1 saturated heterocycles. The van der Waals surface area contributed by atoms with E-state index in [1.54, 1.807) is 6.92 Å². The maximum atomic E-state index is 10.8. The van der Waals surface area contributed by atoms with Crippen LogP contribution in [0.4, 0.5) is 0 Å². The Balaban J connectivity index is 0.000000208. The normalized spacial score (nSPS) is 14.1. The van der Waals surface area contributed by atoms with E-state index < -0.39 is 0 Å². The molecule has 1 aromatic heterocycles. The highest BCUT2D eigenvalue weighted by molar-refractivity contribution is 5.94. The van der Waals surface area contributed by atoms with Crippen LogP contribution in [0.1, 0.15) is 61.9 Å². The van der Waals surface area contributed by atoms with E-state index in [0.29, 0.717) is 6.04 Å². The molecule has 0 bridgehead atoms. The lowest BCUT2D eigenvalue weighted by Gasteiger charge is -2.25. The van der Waals surface area contributed by atoms with Crippen molar-refractivity contribution in [1.29, 1.82) is 0 Å². The van der Waals surface area contributed by atoms with E-state index in [1.807, 2.05) is 24.3 Å². The van der Waals surface area contributed by atoms with Gasteiger partial charge in [-0.1, -0.05) is 50.7 Å². The predicted octanol–water partition coefficient (Wildman–Crippen LogP) is 5.36. The van der Waals surface area contributed by atoms with Gasteiger partial charge in [0.05, 0.1) is 11.0 Å². The Labute approximate surface area is 169 Å². The first-order valence-electron chi connectivity index (χ1n) is 9.84. The molecule has 2 aromatic carbocycles. The third-order valence-electron chi connectivity index (χ3n) is 5.21. The van der Waals surface area contributed by atoms with Crippen LogP contribution < -0.4 is 5.32 Å². The quantitative estimate of drug-likeness (QED) is 0.623. The number of hydrogen-bond acceptors (Lipinski definition) is 3. The fourth-order valence-electron chi connectivity index (χ4n) is 3.67. The van der Waals surface area contributed by atoms with Gasteiger partial charge in [0.15, 0.2) is 5.78 Å². The molecule has 0 atom stereocenters. The molecule has 0 aliphatic carbocycles. The van der Waals surface area contributed by atoms with E-state index in [1.165, 1.54) is 23.9 Å². The number of benzene rings is 2. The SMILES string of the molecule is C.CCc1ccc(C(C)=O)cc1.Cc1nc2ccccc2n1C1CCNCC1. The van der Waals surface area contributed by atoms with Gasteiger partial charge in [0.1, 0.15) is 5.82 Å². The molecule has 28 heavy (non-hydrogen) atoms. The zero-order valence-electron chi connectivity index (χ0n) is 16.5. The van der Waals surface area contributed by atoms with Crippen molar-refractivity contribution in [1.82, 2.24) is 14.9 Å². The van der Waals surface area contributed by atoms with Crippen LogP contribution in [0.5, 0.6) is 0 Å². The smallest absolute Gasteiger partial charge is 0.159 e. The number of aryl methyl sites for hydroxylation is 2. The Morgan fingerprint density at radius 1 is 1.11 bits per heavy atom. The molecule has 4 nitrogen and oxygen atoms in total. The van der Waals surface area contributed by atoms with E-state index in [2.05, 4.69) is 53.0 Å². The molecule has 0 saturated carbocycles. The summed E-state index contributed by atoms with van der Waals surface area (Å²) in [7, 11) is 0. The summed E-state index contributed by atoms with van der Waals surface area (Å²) in [5, 5.41) is 3.41. The number of carbonyl (C=O) groups is 1. The number of rotatable bonds is 3. The average molecular weight is 380 g/mol. The maximum absolute atomic E-state index is 10.8. The molecule has 1 fully saturated rings. The third-order valence-corrected chi connectivity index (χ3v) is 5.21. The first-order valence-corrected chi connectivity index (χ1v) is 9.84. The number of Topliss-reactive ketones (excluding diaryl/α,β-unsaturated/α-hetero) is 1. The van der Waals surface area contributed by atoms with Crippen LogP contribution in [0.15, 0.2) is 48.5 Å². The molecule has 2 heterocycles. The minimum atomic E-state index is 0. The van der Waals surface area contributed by atoms with Crippen LogP contribution in [0.3, 0.4) is 0 Å². The van der Waals surface area contributed by atoms with E-state index >= 15 is 0 Å². The van der Waals surface area contributed by atoms with Gasteiger partial charge in [-0.3, -0.25) is 4.79 Å². The summed E-state index contributed by atoms with van der Waals surface area (Å²) in [5.41, 5.74) is 4.47. The molecule has 4 rings (SSSR count). The summed E-state index contributed by atoms with van der Waals surface area (Å²) < 4.78 is 2.41. The van der Waals surface area contributed by atoms with E-state index in [4.69, 9.17) is 0 Å². The number of imidazole rings is 1. The Bertz CT molecular complexity index is 890. The number of hydrogen-bond donors (Lipinski definition) is 1. The molecule has 0 radical (unpaired) electrons. The summed E-state index contributed by atoms with van der Waals surface area (Å²) >= 11 is 0. The minimum absolute atomic E-state index is 0. The second-order valence-electron chi connectivity index (χ2n) is 7.11. The van der Waals surface area contributed by atoms with Crippen molar-refractivity contribution in [3.8, 4) is 0 Å². The zero-order valence-corrected chi connectivity index (χ0v) is 16.5. The molecule has 1 aliphatic rings. The van der Waals surface area contributed by atoms with Crippen LogP contribution in [0.25, 0.3) is 11.0 Å². The molecular formula is C24H33N3O. The summed E-state index contributed by atoms with van der Waals surface area (Å²) in [6.45, 7) is 8.04. The van der Waals surface area contributed by atoms with Crippen molar-refractivity contribution >= 4 is 16.8 Å². The summed E-state index contributed by atoms with van der Waals surface area (Å²) in [5.74, 6) is 1.28. The molecule has 4 heteroatoms. The number of para-hydroxylation sites is 2. The molecule has 1 N–H and O–H groups in total. The number of ketones is 1. The number of carbonyl (C=O) groups excluding carboxylic acids is 1. The van der Waals surface area contributed by atoms with Crippen LogP contribution in [-0.4, -0.2) is 28.4 Å². The molecule has 3 aromatic rings. The van der Waals surface area contributed by atoms with Gasteiger partial charge in [-0.05, 0) is 63.9 Å². The van der Waals surface area contributed by atoms with Crippen molar-refractivity contribution in [2.24, 2.45) is 0 Å². The number of fused-ring (bicyclic) bond motifs is 1. The summed E-state index contributed by atoms with van der Waals surface area (Å²) in [6.07, 6.45) is 3.45. The molecule has 150 valence electrons. The largest absolute Gasteiger partial charge is 0.325 e. The second kappa shape index (κ2) is 10.2. The van der Waals surface area contributed by atoms with Crippen molar-refractivity contribution in [3.05, 3.63) is 65.5 Å². The van der Waals surface area contributed by atoms with Gasteiger partial charge in [-0.2, -0.15) is 0 Å². The lowest BCUT2D eigenvalue weighted by atomic mass is 10.1. The number of nitrogens with one attached hydrogen (secondary N) is 1. The number of aromatic nitrogens is 2. The summed E-state index contributed by atoms with van der Waals surface area (Å²) in [4.78, 5) is 15.5. The Kier molecular flexibility index (Phi) is 7.94. The maximum Gasteiger partial charge on any atom is 0.159 e. The van der Waals surface area contributed by atoms with Crippen molar-refractivity contribution < 1.29 is 4.79 Å².